The van der Waals surface area contributed by atoms with Crippen molar-refractivity contribution < 1.29 is 14.7 Å². The fraction of sp³-hybridized carbons (Fsp3) is 0. The van der Waals surface area contributed by atoms with E-state index in [0.29, 0.717) is 16.1 Å². The van der Waals surface area contributed by atoms with E-state index in [0.717, 1.165) is 27.1 Å². The Hall–Kier alpha value is -4.09. The first-order valence-corrected chi connectivity index (χ1v) is 10.9. The quantitative estimate of drug-likeness (QED) is 0.262. The average molecular weight is 450 g/mol. The number of rotatable bonds is 4. The van der Waals surface area contributed by atoms with E-state index in [4.69, 9.17) is 0 Å². The van der Waals surface area contributed by atoms with Gasteiger partial charge in [-0.2, -0.15) is 0 Å². The highest BCUT2D eigenvalue weighted by atomic mass is 32.1. The second kappa shape index (κ2) is 8.45. The molecule has 2 N–H and O–H groups in total. The summed E-state index contributed by atoms with van der Waals surface area (Å²) >= 11 is 4.42. The second-order valence-electron chi connectivity index (χ2n) is 7.70. The topological polar surface area (TPSA) is 66.4 Å². The molecule has 0 saturated carbocycles. The fourth-order valence-electron chi connectivity index (χ4n) is 4.24. The summed E-state index contributed by atoms with van der Waals surface area (Å²) in [6.07, 6.45) is 0. The highest BCUT2D eigenvalue weighted by Crippen LogP contribution is 2.39. The highest BCUT2D eigenvalue weighted by Gasteiger charge is 2.25. The van der Waals surface area contributed by atoms with Crippen molar-refractivity contribution in [1.29, 1.82) is 0 Å². The van der Waals surface area contributed by atoms with Crippen LogP contribution in [-0.2, 0) is 0 Å². The molecule has 0 bridgehead atoms. The molecule has 0 fully saturated rings. The maximum atomic E-state index is 13.7. The maximum Gasteiger partial charge on any atom is 0.336 e. The molecule has 5 heteroatoms. The lowest BCUT2D eigenvalue weighted by Crippen LogP contribution is -2.18. The first kappa shape index (κ1) is 20.8. The number of anilines is 1. The SMILES string of the molecule is O=C(O)c1cc2ccccc2c(-c2cccc3ccccc23)c1C(=O)Nc1ccccc1S. The van der Waals surface area contributed by atoms with Crippen LogP contribution < -0.4 is 5.32 Å². The van der Waals surface area contributed by atoms with Crippen LogP contribution in [0.15, 0.2) is 102 Å². The first-order chi connectivity index (χ1) is 16.0. The van der Waals surface area contributed by atoms with Crippen molar-refractivity contribution in [2.75, 3.05) is 5.32 Å². The molecule has 33 heavy (non-hydrogen) atoms. The highest BCUT2D eigenvalue weighted by molar-refractivity contribution is 7.80. The molecule has 0 spiro atoms. The minimum atomic E-state index is -1.16. The predicted octanol–water partition coefficient (Wildman–Crippen LogP) is 6.90. The number of amides is 1. The average Bonchev–Trinajstić information content (AvgIpc) is 2.84. The Kier molecular flexibility index (Phi) is 5.32. The van der Waals surface area contributed by atoms with Gasteiger partial charge in [0.25, 0.3) is 5.91 Å². The van der Waals surface area contributed by atoms with E-state index in [1.807, 2.05) is 72.8 Å². The molecular formula is C28H19NO3S. The van der Waals surface area contributed by atoms with Crippen LogP contribution >= 0.6 is 12.6 Å². The zero-order valence-electron chi connectivity index (χ0n) is 17.4. The molecule has 0 heterocycles. The van der Waals surface area contributed by atoms with E-state index in [-0.39, 0.29) is 11.1 Å². The first-order valence-electron chi connectivity index (χ1n) is 10.4. The zero-order valence-corrected chi connectivity index (χ0v) is 18.3. The third kappa shape index (κ3) is 3.73. The van der Waals surface area contributed by atoms with Gasteiger partial charge in [-0.05, 0) is 45.3 Å². The number of carboxylic acid groups (broad SMARTS) is 1. The standard InChI is InChI=1S/C28H19NO3S/c30-27(29-23-14-5-6-15-24(23)33)26-22(28(31)32)16-18-9-2-4-12-20(18)25(26)21-13-7-10-17-8-1-3-11-19(17)21/h1-16,33H,(H,29,30)(H,31,32). The number of carbonyl (C=O) groups is 2. The number of carbonyl (C=O) groups excluding carboxylic acids is 1. The van der Waals surface area contributed by atoms with Crippen molar-refractivity contribution >= 4 is 51.7 Å². The molecule has 5 aromatic carbocycles. The summed E-state index contributed by atoms with van der Waals surface area (Å²) in [6.45, 7) is 0. The summed E-state index contributed by atoms with van der Waals surface area (Å²) in [5.74, 6) is -1.66. The maximum absolute atomic E-state index is 13.7. The Bertz CT molecular complexity index is 1550. The molecule has 5 aromatic rings. The van der Waals surface area contributed by atoms with Crippen molar-refractivity contribution in [2.24, 2.45) is 0 Å². The van der Waals surface area contributed by atoms with Crippen LogP contribution in [0, 0.1) is 0 Å². The van der Waals surface area contributed by atoms with Crippen LogP contribution in [-0.4, -0.2) is 17.0 Å². The molecule has 1 amide bonds. The molecular weight excluding hydrogens is 430 g/mol. The van der Waals surface area contributed by atoms with E-state index in [2.05, 4.69) is 17.9 Å². The number of carboxylic acids is 1. The summed E-state index contributed by atoms with van der Waals surface area (Å²) in [5.41, 5.74) is 1.98. The van der Waals surface area contributed by atoms with E-state index < -0.39 is 11.9 Å². The Morgan fingerprint density at radius 1 is 0.727 bits per heavy atom. The Morgan fingerprint density at radius 3 is 2.12 bits per heavy atom. The van der Waals surface area contributed by atoms with Crippen molar-refractivity contribution in [3.63, 3.8) is 0 Å². The summed E-state index contributed by atoms with van der Waals surface area (Å²) in [7, 11) is 0. The fourth-order valence-corrected chi connectivity index (χ4v) is 4.46. The number of benzene rings is 5. The lowest BCUT2D eigenvalue weighted by Gasteiger charge is -2.18. The van der Waals surface area contributed by atoms with Gasteiger partial charge in [-0.3, -0.25) is 4.79 Å². The number of thiol groups is 1. The van der Waals surface area contributed by atoms with E-state index in [9.17, 15) is 14.7 Å². The number of para-hydroxylation sites is 1. The minimum absolute atomic E-state index is 0.0502. The van der Waals surface area contributed by atoms with Crippen molar-refractivity contribution in [3.8, 4) is 11.1 Å². The lowest BCUT2D eigenvalue weighted by molar-refractivity contribution is 0.0693. The van der Waals surface area contributed by atoms with Gasteiger partial charge < -0.3 is 10.4 Å². The van der Waals surface area contributed by atoms with E-state index in [1.165, 1.54) is 0 Å². The smallest absolute Gasteiger partial charge is 0.336 e. The third-order valence-electron chi connectivity index (χ3n) is 5.72. The molecule has 0 aliphatic carbocycles. The molecule has 0 aliphatic heterocycles. The number of hydrogen-bond acceptors (Lipinski definition) is 3. The van der Waals surface area contributed by atoms with Crippen LogP contribution in [0.1, 0.15) is 20.7 Å². The van der Waals surface area contributed by atoms with Crippen LogP contribution in [0.5, 0.6) is 0 Å². The zero-order chi connectivity index (χ0) is 22.9. The normalized spacial score (nSPS) is 10.9. The Balaban J connectivity index is 1.86. The minimum Gasteiger partial charge on any atom is -0.478 e. The molecule has 0 aromatic heterocycles. The predicted molar refractivity (Wildman–Crippen MR) is 135 cm³/mol. The molecule has 0 aliphatic rings. The van der Waals surface area contributed by atoms with Crippen LogP contribution in [0.25, 0.3) is 32.7 Å². The molecule has 160 valence electrons. The Labute approximate surface area is 195 Å². The van der Waals surface area contributed by atoms with Crippen LogP contribution in [0.3, 0.4) is 0 Å². The van der Waals surface area contributed by atoms with E-state index in [1.54, 1.807) is 24.3 Å². The summed E-state index contributed by atoms with van der Waals surface area (Å²) in [4.78, 5) is 26.6. The van der Waals surface area contributed by atoms with Gasteiger partial charge in [0.15, 0.2) is 0 Å². The number of hydrogen-bond donors (Lipinski definition) is 3. The molecule has 0 unspecified atom stereocenters. The molecule has 4 nitrogen and oxygen atoms in total. The second-order valence-corrected chi connectivity index (χ2v) is 8.18. The van der Waals surface area contributed by atoms with Gasteiger partial charge in [-0.15, -0.1) is 12.6 Å². The van der Waals surface area contributed by atoms with Gasteiger partial charge in [0.1, 0.15) is 0 Å². The van der Waals surface area contributed by atoms with E-state index >= 15 is 0 Å². The van der Waals surface area contributed by atoms with Gasteiger partial charge in [0, 0.05) is 10.5 Å². The lowest BCUT2D eigenvalue weighted by atomic mass is 9.87. The molecule has 0 atom stereocenters. The number of fused-ring (bicyclic) bond motifs is 2. The van der Waals surface area contributed by atoms with Gasteiger partial charge in [-0.25, -0.2) is 4.79 Å². The summed E-state index contributed by atoms with van der Waals surface area (Å²) in [5, 5.41) is 16.5. The van der Waals surface area contributed by atoms with Crippen LogP contribution in [0.4, 0.5) is 5.69 Å². The van der Waals surface area contributed by atoms with Crippen molar-refractivity contribution in [2.45, 2.75) is 4.90 Å². The largest absolute Gasteiger partial charge is 0.478 e. The van der Waals surface area contributed by atoms with Gasteiger partial charge >= 0.3 is 5.97 Å². The third-order valence-corrected chi connectivity index (χ3v) is 6.11. The van der Waals surface area contributed by atoms with Crippen molar-refractivity contribution in [1.82, 2.24) is 0 Å². The van der Waals surface area contributed by atoms with Crippen LogP contribution in [0.2, 0.25) is 0 Å². The molecule has 5 rings (SSSR count). The van der Waals surface area contributed by atoms with Gasteiger partial charge in [0.05, 0.1) is 16.8 Å². The van der Waals surface area contributed by atoms with Gasteiger partial charge in [-0.1, -0.05) is 78.9 Å². The monoisotopic (exact) mass is 449 g/mol. The molecule has 0 saturated heterocycles. The van der Waals surface area contributed by atoms with Gasteiger partial charge in [0.2, 0.25) is 0 Å². The van der Waals surface area contributed by atoms with Crippen molar-refractivity contribution in [3.05, 3.63) is 108 Å². The number of aromatic carboxylic acids is 1. The summed E-state index contributed by atoms with van der Waals surface area (Å²) in [6, 6.07) is 29.9. The number of nitrogens with one attached hydrogen (secondary N) is 1. The molecule has 0 radical (unpaired) electrons. The summed E-state index contributed by atoms with van der Waals surface area (Å²) < 4.78 is 0. The Morgan fingerprint density at radius 2 is 1.36 bits per heavy atom.